The van der Waals surface area contributed by atoms with Gasteiger partial charge in [0.15, 0.2) is 0 Å². The van der Waals surface area contributed by atoms with Crippen molar-refractivity contribution in [3.63, 3.8) is 0 Å². The number of carbonyl (C=O) groups excluding carboxylic acids is 1. The summed E-state index contributed by atoms with van der Waals surface area (Å²) in [6.07, 6.45) is 1.51. The smallest absolute Gasteiger partial charge is 0.307 e. The zero-order valence-corrected chi connectivity index (χ0v) is 15.8. The van der Waals surface area contributed by atoms with Crippen LogP contribution < -0.4 is 10.3 Å². The lowest BCUT2D eigenvalue weighted by molar-refractivity contribution is -0.144. The number of hydrogen-bond acceptors (Lipinski definition) is 6. The van der Waals surface area contributed by atoms with Crippen LogP contribution in [0.25, 0.3) is 10.2 Å². The minimum absolute atomic E-state index is 0.0684. The molecule has 0 N–H and O–H groups in total. The normalized spacial score (nSPS) is 10.8. The molecule has 0 aliphatic heterocycles. The van der Waals surface area contributed by atoms with E-state index in [1.54, 1.807) is 24.3 Å². The molecular weight excluding hydrogens is 399 g/mol. The molecule has 3 rings (SSSR count). The lowest BCUT2D eigenvalue weighted by atomic mass is 10.3. The van der Waals surface area contributed by atoms with Gasteiger partial charge >= 0.3 is 5.97 Å². The molecule has 6 nitrogen and oxygen atoms in total. The van der Waals surface area contributed by atoms with Crippen molar-refractivity contribution in [1.29, 1.82) is 0 Å². The minimum Gasteiger partial charge on any atom is -0.488 e. The fourth-order valence-electron chi connectivity index (χ4n) is 2.24. The van der Waals surface area contributed by atoms with Crippen molar-refractivity contribution in [2.45, 2.75) is 13.0 Å². The highest BCUT2D eigenvalue weighted by Crippen LogP contribution is 2.27. The van der Waals surface area contributed by atoms with E-state index in [0.717, 1.165) is 0 Å². The van der Waals surface area contributed by atoms with Crippen LogP contribution in [0.5, 0.6) is 5.75 Å². The number of nitrogens with zero attached hydrogens (tertiary/aromatic N) is 2. The van der Waals surface area contributed by atoms with Crippen LogP contribution in [0.2, 0.25) is 10.0 Å². The first kappa shape index (κ1) is 18.7. The molecule has 26 heavy (non-hydrogen) atoms. The molecular formula is C17H14Cl2N2O4S. The Kier molecular flexibility index (Phi) is 6.13. The number of halogens is 2. The molecule has 0 atom stereocenters. The zero-order valence-electron chi connectivity index (χ0n) is 13.5. The monoisotopic (exact) mass is 412 g/mol. The number of ether oxygens (including phenoxy) is 2. The first-order valence-corrected chi connectivity index (χ1v) is 9.34. The second-order valence-corrected chi connectivity index (χ2v) is 7.01. The standard InChI is InChI=1S/C17H14Cl2N2O4S/c18-11-1-2-14(13(19)9-11)24-6-7-25-15(22)3-5-21-10-20-16-12(17(21)23)4-8-26-16/h1-2,4,8-10H,3,5-7H2. The Morgan fingerprint density at radius 2 is 2.08 bits per heavy atom. The van der Waals surface area contributed by atoms with Gasteiger partial charge in [0.2, 0.25) is 0 Å². The van der Waals surface area contributed by atoms with Gasteiger partial charge in [0.1, 0.15) is 23.8 Å². The number of aryl methyl sites for hydroxylation is 1. The molecule has 2 heterocycles. The number of thiophene rings is 1. The number of benzene rings is 1. The van der Waals surface area contributed by atoms with Crippen LogP contribution in [0, 0.1) is 0 Å². The molecule has 0 radical (unpaired) electrons. The van der Waals surface area contributed by atoms with E-state index in [1.165, 1.54) is 22.2 Å². The zero-order chi connectivity index (χ0) is 18.5. The van der Waals surface area contributed by atoms with Gasteiger partial charge in [-0.1, -0.05) is 23.2 Å². The van der Waals surface area contributed by atoms with Crippen LogP contribution in [0.1, 0.15) is 6.42 Å². The molecule has 0 aliphatic rings. The van der Waals surface area contributed by atoms with Crippen LogP contribution in [-0.4, -0.2) is 28.7 Å². The maximum atomic E-state index is 12.2. The lowest BCUT2D eigenvalue weighted by Crippen LogP contribution is -2.22. The van der Waals surface area contributed by atoms with E-state index in [0.29, 0.717) is 26.0 Å². The molecule has 3 aromatic rings. The van der Waals surface area contributed by atoms with E-state index >= 15 is 0 Å². The van der Waals surface area contributed by atoms with E-state index in [-0.39, 0.29) is 31.7 Å². The second kappa shape index (κ2) is 8.53. The van der Waals surface area contributed by atoms with E-state index in [9.17, 15) is 9.59 Å². The van der Waals surface area contributed by atoms with E-state index in [2.05, 4.69) is 4.98 Å². The van der Waals surface area contributed by atoms with E-state index < -0.39 is 5.97 Å². The number of carbonyl (C=O) groups is 1. The molecule has 9 heteroatoms. The number of aromatic nitrogens is 2. The Labute approximate surface area is 162 Å². The van der Waals surface area contributed by atoms with E-state index in [1.807, 2.05) is 5.38 Å². The maximum absolute atomic E-state index is 12.2. The highest BCUT2D eigenvalue weighted by molar-refractivity contribution is 7.16. The Morgan fingerprint density at radius 3 is 2.88 bits per heavy atom. The van der Waals surface area contributed by atoms with E-state index in [4.69, 9.17) is 32.7 Å². The molecule has 0 fully saturated rings. The fourth-order valence-corrected chi connectivity index (χ4v) is 3.42. The van der Waals surface area contributed by atoms with Gasteiger partial charge in [-0.3, -0.25) is 14.2 Å². The summed E-state index contributed by atoms with van der Waals surface area (Å²) in [5, 5.41) is 3.27. The van der Waals surface area contributed by atoms with Crippen molar-refractivity contribution >= 4 is 50.7 Å². The third kappa shape index (κ3) is 4.55. The fraction of sp³-hybridized carbons (Fsp3) is 0.235. The molecule has 0 aliphatic carbocycles. The maximum Gasteiger partial charge on any atom is 0.307 e. The average molecular weight is 413 g/mol. The summed E-state index contributed by atoms with van der Waals surface area (Å²) in [6.45, 7) is 0.449. The Bertz CT molecular complexity index is 986. The third-order valence-corrected chi connectivity index (χ3v) is 4.86. The van der Waals surface area contributed by atoms with Gasteiger partial charge in [0, 0.05) is 11.6 Å². The molecule has 0 amide bonds. The van der Waals surface area contributed by atoms with Crippen LogP contribution in [0.4, 0.5) is 0 Å². The number of fused-ring (bicyclic) bond motifs is 1. The second-order valence-electron chi connectivity index (χ2n) is 5.28. The molecule has 0 unspecified atom stereocenters. The van der Waals surface area contributed by atoms with Gasteiger partial charge in [0.05, 0.1) is 23.2 Å². The van der Waals surface area contributed by atoms with Gasteiger partial charge in [-0.2, -0.15) is 0 Å². The lowest BCUT2D eigenvalue weighted by Gasteiger charge is -2.09. The largest absolute Gasteiger partial charge is 0.488 e. The van der Waals surface area contributed by atoms with Gasteiger partial charge in [0.25, 0.3) is 5.56 Å². The Morgan fingerprint density at radius 1 is 1.23 bits per heavy atom. The molecule has 0 spiro atoms. The van der Waals surface area contributed by atoms with Crippen molar-refractivity contribution in [2.75, 3.05) is 13.2 Å². The van der Waals surface area contributed by atoms with Crippen molar-refractivity contribution in [3.05, 3.63) is 56.4 Å². The van der Waals surface area contributed by atoms with Crippen molar-refractivity contribution in [3.8, 4) is 5.75 Å². The van der Waals surface area contributed by atoms with Gasteiger partial charge < -0.3 is 9.47 Å². The SMILES string of the molecule is O=C(CCn1cnc2sccc2c1=O)OCCOc1ccc(Cl)cc1Cl. The first-order valence-electron chi connectivity index (χ1n) is 7.71. The topological polar surface area (TPSA) is 70.4 Å². The molecule has 0 bridgehead atoms. The van der Waals surface area contributed by atoms with Gasteiger partial charge in [-0.05, 0) is 29.6 Å². The summed E-state index contributed by atoms with van der Waals surface area (Å²) in [6, 6.07) is 6.60. The predicted octanol–water partition coefficient (Wildman–Crippen LogP) is 3.78. The predicted molar refractivity (Wildman–Crippen MR) is 101 cm³/mol. The number of hydrogen-bond donors (Lipinski definition) is 0. The highest BCUT2D eigenvalue weighted by atomic mass is 35.5. The summed E-state index contributed by atoms with van der Waals surface area (Å²) >= 11 is 13.2. The van der Waals surface area contributed by atoms with Crippen molar-refractivity contribution in [1.82, 2.24) is 9.55 Å². The third-order valence-electron chi connectivity index (χ3n) is 3.51. The van der Waals surface area contributed by atoms with Crippen molar-refractivity contribution in [2.24, 2.45) is 0 Å². The highest BCUT2D eigenvalue weighted by Gasteiger charge is 2.09. The number of esters is 1. The van der Waals surface area contributed by atoms with Crippen LogP contribution in [0.15, 0.2) is 40.8 Å². The summed E-state index contributed by atoms with van der Waals surface area (Å²) in [5.74, 6) is 0.0435. The molecule has 1 aromatic carbocycles. The quantitative estimate of drug-likeness (QED) is 0.436. The minimum atomic E-state index is -0.423. The van der Waals surface area contributed by atoms with Gasteiger partial charge in [-0.15, -0.1) is 11.3 Å². The average Bonchev–Trinajstić information content (AvgIpc) is 3.09. The van der Waals surface area contributed by atoms with Crippen LogP contribution >= 0.6 is 34.5 Å². The van der Waals surface area contributed by atoms with Crippen LogP contribution in [-0.2, 0) is 16.1 Å². The Hall–Kier alpha value is -2.09. The molecule has 136 valence electrons. The van der Waals surface area contributed by atoms with Gasteiger partial charge in [-0.25, -0.2) is 4.98 Å². The Balaban J connectivity index is 1.44. The van der Waals surface area contributed by atoms with Crippen molar-refractivity contribution < 1.29 is 14.3 Å². The van der Waals surface area contributed by atoms with Crippen LogP contribution in [0.3, 0.4) is 0 Å². The summed E-state index contributed by atoms with van der Waals surface area (Å²) < 4.78 is 11.9. The molecule has 0 saturated heterocycles. The summed E-state index contributed by atoms with van der Waals surface area (Å²) in [4.78, 5) is 28.9. The first-order chi connectivity index (χ1) is 12.5. The summed E-state index contributed by atoms with van der Waals surface area (Å²) in [5.41, 5.74) is -0.162. The molecule has 0 saturated carbocycles. The molecule has 2 aromatic heterocycles. The number of rotatable bonds is 7. The summed E-state index contributed by atoms with van der Waals surface area (Å²) in [7, 11) is 0.